The Morgan fingerprint density at radius 1 is 1.71 bits per heavy atom. The first-order valence-corrected chi connectivity index (χ1v) is 5.13. The van der Waals surface area contributed by atoms with Crippen LogP contribution in [0.1, 0.15) is 5.76 Å². The fraction of sp³-hybridized carbons (Fsp3) is 0.250. The molecule has 0 aromatic carbocycles. The highest BCUT2D eigenvalue weighted by molar-refractivity contribution is 7.32. The predicted octanol–water partition coefficient (Wildman–Crippen LogP) is -0.0391. The molecule has 0 amide bonds. The summed E-state index contributed by atoms with van der Waals surface area (Å²) in [5.74, 6) is -2.96. The van der Waals surface area contributed by atoms with Crippen LogP contribution in [0.25, 0.3) is 0 Å². The highest BCUT2D eigenvalue weighted by atomic mass is 31.1. The summed E-state index contributed by atoms with van der Waals surface area (Å²) in [4.78, 5) is 16.9. The summed E-state index contributed by atoms with van der Waals surface area (Å²) in [7, 11) is -4.28. The van der Waals surface area contributed by atoms with Gasteiger partial charge in [0.15, 0.2) is 9.03 Å². The first kappa shape index (κ1) is 11.6. The van der Waals surface area contributed by atoms with E-state index in [0.29, 0.717) is 0 Å². The van der Waals surface area contributed by atoms with Gasteiger partial charge in [0.25, 0.3) is 0 Å². The molecule has 1 rings (SSSR count). The Morgan fingerprint density at radius 3 is 2.86 bits per heavy atom. The number of rotatable bonds is 5. The Bertz CT molecular complexity index is 303. The van der Waals surface area contributed by atoms with E-state index in [4.69, 9.17) is 9.79 Å². The lowest BCUT2D eigenvalue weighted by molar-refractivity contribution is -0.293. The molecule has 0 saturated carbocycles. The third kappa shape index (κ3) is 2.76. The maximum absolute atomic E-state index is 10.3. The van der Waals surface area contributed by atoms with Crippen molar-refractivity contribution in [2.24, 2.45) is 0 Å². The number of aliphatic hydroxyl groups is 1. The molecule has 0 aliphatic rings. The van der Waals surface area contributed by atoms with Crippen molar-refractivity contribution in [3.05, 3.63) is 18.0 Å². The Balaban J connectivity index is 2.86. The van der Waals surface area contributed by atoms with Gasteiger partial charge in [-0.3, -0.25) is 4.52 Å². The summed E-state index contributed by atoms with van der Waals surface area (Å²) in [5.41, 5.74) is 0. The van der Waals surface area contributed by atoms with Crippen LogP contribution in [0.4, 0.5) is 0 Å². The number of hydrogen-bond donors (Lipinski definition) is 3. The molecule has 3 unspecified atom stereocenters. The molecule has 1 aromatic heterocycles. The van der Waals surface area contributed by atoms with Gasteiger partial charge in [0, 0.05) is 10.6 Å². The van der Waals surface area contributed by atoms with Crippen molar-refractivity contribution in [2.75, 3.05) is 0 Å². The average Bonchev–Trinajstić information content (AvgIpc) is 2.54. The second kappa shape index (κ2) is 4.86. The van der Waals surface area contributed by atoms with Crippen LogP contribution in [0.3, 0.4) is 0 Å². The molecule has 1 heterocycles. The van der Waals surface area contributed by atoms with E-state index in [1.165, 1.54) is 0 Å². The van der Waals surface area contributed by atoms with Crippen molar-refractivity contribution in [1.29, 1.82) is 0 Å². The van der Waals surface area contributed by atoms with Crippen LogP contribution < -0.4 is 0 Å². The molecular formula is C4H6NO7P2+. The SMILES string of the molecule is O=[P+](O)OC(O)(OPO)c1ccno1. The van der Waals surface area contributed by atoms with Gasteiger partial charge in [0.05, 0.1) is 6.20 Å². The van der Waals surface area contributed by atoms with Crippen LogP contribution in [0.5, 0.6) is 0 Å². The molecule has 3 atom stereocenters. The van der Waals surface area contributed by atoms with E-state index in [1.807, 2.05) is 0 Å². The minimum atomic E-state index is -3.12. The van der Waals surface area contributed by atoms with Gasteiger partial charge >= 0.3 is 14.2 Å². The van der Waals surface area contributed by atoms with Gasteiger partial charge in [-0.2, -0.15) is 0 Å². The first-order valence-electron chi connectivity index (χ1n) is 3.14. The topological polar surface area (TPSA) is 122 Å². The molecule has 1 aromatic rings. The fourth-order valence-electron chi connectivity index (χ4n) is 0.660. The molecule has 0 aliphatic carbocycles. The van der Waals surface area contributed by atoms with Crippen LogP contribution in [-0.2, 0) is 19.6 Å². The molecule has 78 valence electrons. The van der Waals surface area contributed by atoms with Crippen molar-refractivity contribution in [2.45, 2.75) is 5.97 Å². The zero-order chi connectivity index (χ0) is 10.6. The maximum Gasteiger partial charge on any atom is 0.700 e. The van der Waals surface area contributed by atoms with Crippen molar-refractivity contribution >= 4 is 17.3 Å². The molecule has 0 radical (unpaired) electrons. The van der Waals surface area contributed by atoms with Gasteiger partial charge in [0.2, 0.25) is 5.76 Å². The van der Waals surface area contributed by atoms with E-state index in [9.17, 15) is 9.67 Å². The summed E-state index contributed by atoms with van der Waals surface area (Å²) in [6.07, 6.45) is 1.16. The molecule has 14 heavy (non-hydrogen) atoms. The average molecular weight is 242 g/mol. The van der Waals surface area contributed by atoms with Gasteiger partial charge < -0.3 is 14.5 Å². The molecule has 3 N–H and O–H groups in total. The van der Waals surface area contributed by atoms with Crippen LogP contribution in [0.2, 0.25) is 0 Å². The molecule has 0 fully saturated rings. The van der Waals surface area contributed by atoms with Gasteiger partial charge in [-0.1, -0.05) is 5.16 Å². The summed E-state index contributed by atoms with van der Waals surface area (Å²) >= 11 is 0. The van der Waals surface area contributed by atoms with Crippen molar-refractivity contribution in [3.8, 4) is 0 Å². The molecule has 0 spiro atoms. The van der Waals surface area contributed by atoms with Crippen molar-refractivity contribution in [3.63, 3.8) is 0 Å². The summed E-state index contributed by atoms with van der Waals surface area (Å²) in [6.45, 7) is 0. The largest absolute Gasteiger partial charge is 0.700 e. The van der Waals surface area contributed by atoms with Gasteiger partial charge in [-0.15, -0.1) is 4.89 Å². The fourth-order valence-corrected chi connectivity index (χ4v) is 1.34. The van der Waals surface area contributed by atoms with E-state index in [2.05, 4.69) is 18.7 Å². The van der Waals surface area contributed by atoms with Crippen LogP contribution >= 0.6 is 17.3 Å². The van der Waals surface area contributed by atoms with E-state index in [0.717, 1.165) is 12.3 Å². The number of aromatic nitrogens is 1. The lowest BCUT2D eigenvalue weighted by Crippen LogP contribution is -2.27. The van der Waals surface area contributed by atoms with Crippen LogP contribution in [-0.4, -0.2) is 20.1 Å². The maximum atomic E-state index is 10.3. The van der Waals surface area contributed by atoms with Crippen LogP contribution in [0, 0.1) is 0 Å². The second-order valence-corrected chi connectivity index (χ2v) is 3.03. The highest BCUT2D eigenvalue weighted by Crippen LogP contribution is 2.37. The van der Waals surface area contributed by atoms with Gasteiger partial charge in [0.1, 0.15) is 0 Å². The predicted molar refractivity (Wildman–Crippen MR) is 42.9 cm³/mol. The number of hydrogen-bond acceptors (Lipinski definition) is 7. The molecule has 8 nitrogen and oxygen atoms in total. The van der Waals surface area contributed by atoms with Gasteiger partial charge in [-0.05, 0) is 4.52 Å². The second-order valence-electron chi connectivity index (χ2n) is 1.98. The Morgan fingerprint density at radius 2 is 2.43 bits per heavy atom. The quantitative estimate of drug-likeness (QED) is 0.485. The Kier molecular flexibility index (Phi) is 4.03. The zero-order valence-corrected chi connectivity index (χ0v) is 8.42. The summed E-state index contributed by atoms with van der Waals surface area (Å²) in [6, 6.07) is 1.15. The van der Waals surface area contributed by atoms with Crippen molar-refractivity contribution in [1.82, 2.24) is 5.16 Å². The highest BCUT2D eigenvalue weighted by Gasteiger charge is 2.45. The Hall–Kier alpha value is -0.460. The molecule has 0 saturated heterocycles. The smallest absolute Gasteiger partial charge is 0.353 e. The lowest BCUT2D eigenvalue weighted by atomic mass is 10.4. The standard InChI is InChI=1S/C4H5NO7P2/c6-4(11-13-7,12-14(8)9)3-1-2-5-10-3/h1-2,6-7,13H/p+1. The monoisotopic (exact) mass is 242 g/mol. The third-order valence-electron chi connectivity index (χ3n) is 1.14. The minimum absolute atomic E-state index is 0.351. The van der Waals surface area contributed by atoms with Crippen molar-refractivity contribution < 1.29 is 33.0 Å². The number of nitrogens with zero attached hydrogens (tertiary/aromatic N) is 1. The van der Waals surface area contributed by atoms with E-state index < -0.39 is 23.3 Å². The van der Waals surface area contributed by atoms with E-state index in [1.54, 1.807) is 0 Å². The first-order chi connectivity index (χ1) is 6.58. The normalized spacial score (nSPS) is 17.2. The third-order valence-corrected chi connectivity index (χ3v) is 1.91. The zero-order valence-electron chi connectivity index (χ0n) is 6.52. The minimum Gasteiger partial charge on any atom is -0.353 e. The lowest BCUT2D eigenvalue weighted by Gasteiger charge is -2.15. The molecule has 10 heteroatoms. The summed E-state index contributed by atoms with van der Waals surface area (Å²) in [5, 5.41) is 12.7. The van der Waals surface area contributed by atoms with E-state index >= 15 is 0 Å². The van der Waals surface area contributed by atoms with Gasteiger partial charge in [-0.25, -0.2) is 0 Å². The van der Waals surface area contributed by atoms with E-state index in [-0.39, 0.29) is 5.76 Å². The molecule has 0 bridgehead atoms. The summed E-state index contributed by atoms with van der Waals surface area (Å²) < 4.78 is 23.2. The van der Waals surface area contributed by atoms with Crippen LogP contribution in [0.15, 0.2) is 16.8 Å². The molecular weight excluding hydrogens is 236 g/mol. The molecule has 0 aliphatic heterocycles. The Labute approximate surface area is 80.3 Å².